The van der Waals surface area contributed by atoms with E-state index < -0.39 is 24.2 Å². The smallest absolute Gasteiger partial charge is 0.385 e. The third-order valence-electron chi connectivity index (χ3n) is 2.77. The quantitative estimate of drug-likeness (QED) is 0.405. The molecule has 0 spiro atoms. The van der Waals surface area contributed by atoms with Gasteiger partial charge in [-0.25, -0.2) is 9.59 Å². The maximum absolute atomic E-state index is 12.0. The van der Waals surface area contributed by atoms with Crippen molar-refractivity contribution >= 4 is 17.8 Å². The molecular formula is C13H16F3N4O4+. The van der Waals surface area contributed by atoms with Gasteiger partial charge in [0.05, 0.1) is 5.56 Å². The SMILES string of the molecule is CCNC(=O)c1cc[n+](CC[C@H](N)C(=O)OC(=O)C(F)(F)F)nc1. The molecule has 3 N–H and O–H groups in total. The fourth-order valence-electron chi connectivity index (χ4n) is 1.53. The van der Waals surface area contributed by atoms with Crippen molar-refractivity contribution in [1.29, 1.82) is 0 Å². The monoisotopic (exact) mass is 349 g/mol. The Morgan fingerprint density at radius 2 is 2.08 bits per heavy atom. The first kappa shape index (κ1) is 19.5. The van der Waals surface area contributed by atoms with Gasteiger partial charge in [0.15, 0.2) is 12.7 Å². The molecule has 1 rings (SSSR count). The average molecular weight is 349 g/mol. The number of esters is 2. The van der Waals surface area contributed by atoms with Gasteiger partial charge in [0.2, 0.25) is 0 Å². The lowest BCUT2D eigenvalue weighted by atomic mass is 10.2. The van der Waals surface area contributed by atoms with E-state index >= 15 is 0 Å². The van der Waals surface area contributed by atoms with Crippen LogP contribution in [-0.2, 0) is 20.9 Å². The minimum atomic E-state index is -5.26. The summed E-state index contributed by atoms with van der Waals surface area (Å²) in [6.07, 6.45) is -2.63. The summed E-state index contributed by atoms with van der Waals surface area (Å²) in [6.45, 7) is 2.30. The average Bonchev–Trinajstić information content (AvgIpc) is 2.52. The molecule has 0 saturated carbocycles. The number of carbonyl (C=O) groups is 3. The van der Waals surface area contributed by atoms with Crippen LogP contribution in [0.1, 0.15) is 23.7 Å². The highest BCUT2D eigenvalue weighted by molar-refractivity contribution is 5.93. The van der Waals surface area contributed by atoms with Crippen molar-refractivity contribution in [3.63, 3.8) is 0 Å². The topological polar surface area (TPSA) is 115 Å². The van der Waals surface area contributed by atoms with E-state index in [4.69, 9.17) is 5.73 Å². The van der Waals surface area contributed by atoms with Crippen molar-refractivity contribution in [2.24, 2.45) is 5.73 Å². The molecule has 1 heterocycles. The van der Waals surface area contributed by atoms with Gasteiger partial charge < -0.3 is 15.8 Å². The van der Waals surface area contributed by atoms with Crippen LogP contribution >= 0.6 is 0 Å². The molecule has 0 aliphatic heterocycles. The molecule has 0 fully saturated rings. The first-order valence-electron chi connectivity index (χ1n) is 6.87. The maximum atomic E-state index is 12.0. The molecule has 1 aromatic rings. The van der Waals surface area contributed by atoms with Gasteiger partial charge in [0, 0.05) is 19.0 Å². The summed E-state index contributed by atoms with van der Waals surface area (Å²) in [7, 11) is 0. The van der Waals surface area contributed by atoms with Crippen molar-refractivity contribution in [2.75, 3.05) is 6.54 Å². The summed E-state index contributed by atoms with van der Waals surface area (Å²) in [4.78, 5) is 33.3. The molecule has 0 aliphatic carbocycles. The number of rotatable bonds is 6. The molecule has 24 heavy (non-hydrogen) atoms. The molecule has 11 heteroatoms. The number of hydrogen-bond acceptors (Lipinski definition) is 6. The van der Waals surface area contributed by atoms with Crippen LogP contribution in [0.2, 0.25) is 0 Å². The van der Waals surface area contributed by atoms with Crippen molar-refractivity contribution in [2.45, 2.75) is 32.1 Å². The van der Waals surface area contributed by atoms with E-state index in [1.54, 1.807) is 6.92 Å². The Bertz CT molecular complexity index is 604. The first-order valence-corrected chi connectivity index (χ1v) is 6.87. The molecular weight excluding hydrogens is 333 g/mol. The summed E-state index contributed by atoms with van der Waals surface area (Å²) in [5.41, 5.74) is 5.70. The van der Waals surface area contributed by atoms with E-state index in [0.717, 1.165) is 0 Å². The van der Waals surface area contributed by atoms with Gasteiger partial charge in [0.1, 0.15) is 12.2 Å². The van der Waals surface area contributed by atoms with Gasteiger partial charge in [-0.1, -0.05) is 4.68 Å². The fraction of sp³-hybridized carbons (Fsp3) is 0.462. The van der Waals surface area contributed by atoms with E-state index in [-0.39, 0.29) is 18.9 Å². The number of hydrogen-bond donors (Lipinski definition) is 2. The zero-order valence-corrected chi connectivity index (χ0v) is 12.7. The van der Waals surface area contributed by atoms with Crippen molar-refractivity contribution in [3.05, 3.63) is 24.0 Å². The van der Waals surface area contributed by atoms with Crippen LogP contribution in [0.15, 0.2) is 18.5 Å². The van der Waals surface area contributed by atoms with Gasteiger partial charge in [-0.15, -0.1) is 0 Å². The number of nitrogens with two attached hydrogens (primary N) is 1. The number of nitrogens with one attached hydrogen (secondary N) is 1. The number of nitrogens with zero attached hydrogens (tertiary/aromatic N) is 2. The number of alkyl halides is 3. The molecule has 1 aromatic heterocycles. The van der Waals surface area contributed by atoms with Crippen LogP contribution in [0.5, 0.6) is 0 Å². The summed E-state index contributed by atoms with van der Waals surface area (Å²) >= 11 is 0. The fourth-order valence-corrected chi connectivity index (χ4v) is 1.53. The third kappa shape index (κ3) is 5.91. The minimum Gasteiger partial charge on any atom is -0.385 e. The number of halogens is 3. The van der Waals surface area contributed by atoms with Crippen molar-refractivity contribution < 1.29 is 37.0 Å². The summed E-state index contributed by atoms with van der Waals surface area (Å²) in [6, 6.07) is 0.0586. The second-order valence-electron chi connectivity index (χ2n) is 4.64. The Kier molecular flexibility index (Phi) is 6.77. The number of ether oxygens (including phenoxy) is 1. The highest BCUT2D eigenvalue weighted by Gasteiger charge is 2.43. The van der Waals surface area contributed by atoms with Gasteiger partial charge >= 0.3 is 18.1 Å². The summed E-state index contributed by atoms with van der Waals surface area (Å²) in [5, 5.41) is 6.50. The molecule has 1 amide bonds. The Hall–Kier alpha value is -2.56. The lowest BCUT2D eigenvalue weighted by Crippen LogP contribution is -2.44. The zero-order valence-electron chi connectivity index (χ0n) is 12.7. The van der Waals surface area contributed by atoms with E-state index in [9.17, 15) is 27.6 Å². The van der Waals surface area contributed by atoms with E-state index in [1.807, 2.05) is 0 Å². The lowest BCUT2D eigenvalue weighted by Gasteiger charge is -2.09. The highest BCUT2D eigenvalue weighted by atomic mass is 19.4. The molecule has 132 valence electrons. The molecule has 1 atom stereocenters. The summed E-state index contributed by atoms with van der Waals surface area (Å²) < 4.78 is 40.9. The van der Waals surface area contributed by atoms with Gasteiger partial charge in [-0.3, -0.25) is 4.79 Å². The first-order chi connectivity index (χ1) is 11.1. The van der Waals surface area contributed by atoms with Gasteiger partial charge in [-0.2, -0.15) is 13.2 Å². The molecule has 0 saturated heterocycles. The molecule has 0 aromatic carbocycles. The number of amides is 1. The molecule has 8 nitrogen and oxygen atoms in total. The Labute approximate surface area is 134 Å². The van der Waals surface area contributed by atoms with E-state index in [1.165, 1.54) is 23.1 Å². The second-order valence-corrected chi connectivity index (χ2v) is 4.64. The van der Waals surface area contributed by atoms with Crippen LogP contribution in [0, 0.1) is 0 Å². The number of aryl methyl sites for hydroxylation is 1. The Balaban J connectivity index is 2.52. The van der Waals surface area contributed by atoms with Crippen LogP contribution in [0.25, 0.3) is 0 Å². The minimum absolute atomic E-state index is 0.0755. The molecule has 0 radical (unpaired) electrons. The normalized spacial score (nSPS) is 12.4. The van der Waals surface area contributed by atoms with Crippen molar-refractivity contribution in [3.8, 4) is 0 Å². The molecule has 0 unspecified atom stereocenters. The number of carbonyl (C=O) groups excluding carboxylic acids is 3. The Morgan fingerprint density at radius 1 is 1.42 bits per heavy atom. The van der Waals surface area contributed by atoms with Crippen LogP contribution in [0.4, 0.5) is 13.2 Å². The third-order valence-corrected chi connectivity index (χ3v) is 2.77. The van der Waals surface area contributed by atoms with Crippen LogP contribution in [0.3, 0.4) is 0 Å². The van der Waals surface area contributed by atoms with Gasteiger partial charge in [-0.05, 0) is 12.0 Å². The molecule has 0 bridgehead atoms. The lowest BCUT2D eigenvalue weighted by molar-refractivity contribution is -0.754. The molecule has 0 aliphatic rings. The number of aromatic nitrogens is 2. The standard InChI is InChI=1S/C13H15F3N4O4/c1-2-18-10(21)8-3-5-20(19-7-8)6-4-9(17)11(22)24-12(23)13(14,15)16/h3,5,7,9H,2,4,6,17H2,1H3/p+1/t9-/m0/s1. The van der Waals surface area contributed by atoms with E-state index in [2.05, 4.69) is 15.2 Å². The maximum Gasteiger partial charge on any atom is 0.491 e. The zero-order chi connectivity index (χ0) is 18.3. The predicted octanol–water partition coefficient (Wildman–Crippen LogP) is -0.532. The van der Waals surface area contributed by atoms with Crippen molar-refractivity contribution in [1.82, 2.24) is 10.4 Å². The van der Waals surface area contributed by atoms with Gasteiger partial charge in [0.25, 0.3) is 5.91 Å². The predicted molar refractivity (Wildman–Crippen MR) is 72.2 cm³/mol. The largest absolute Gasteiger partial charge is 0.491 e. The van der Waals surface area contributed by atoms with Crippen LogP contribution in [-0.4, -0.2) is 41.7 Å². The second kappa shape index (κ2) is 8.34. The highest BCUT2D eigenvalue weighted by Crippen LogP contribution is 2.16. The van der Waals surface area contributed by atoms with E-state index in [0.29, 0.717) is 12.1 Å². The van der Waals surface area contributed by atoms with Crippen LogP contribution < -0.4 is 15.7 Å². The Morgan fingerprint density at radius 3 is 2.58 bits per heavy atom. The summed E-state index contributed by atoms with van der Waals surface area (Å²) in [5.74, 6) is -4.39.